The minimum absolute atomic E-state index is 0.224. The van der Waals surface area contributed by atoms with E-state index in [0.29, 0.717) is 5.01 Å². The summed E-state index contributed by atoms with van der Waals surface area (Å²) in [6, 6.07) is 5.69. The molecule has 0 amide bonds. The Labute approximate surface area is 128 Å². The Kier molecular flexibility index (Phi) is 3.85. The van der Waals surface area contributed by atoms with E-state index in [9.17, 15) is 4.79 Å². The van der Waals surface area contributed by atoms with Crippen LogP contribution < -0.4 is 0 Å². The molecule has 104 valence electrons. The van der Waals surface area contributed by atoms with Crippen molar-refractivity contribution >= 4 is 40.8 Å². The summed E-state index contributed by atoms with van der Waals surface area (Å²) in [6.45, 7) is 0. The molecule has 0 fully saturated rings. The van der Waals surface area contributed by atoms with Gasteiger partial charge >= 0.3 is 5.97 Å². The Balaban J connectivity index is 1.77. The molecule has 0 atom stereocenters. The van der Waals surface area contributed by atoms with Gasteiger partial charge < -0.3 is 5.11 Å². The first-order valence-electron chi connectivity index (χ1n) is 5.96. The Hall–Kier alpha value is -2.38. The van der Waals surface area contributed by atoms with Gasteiger partial charge in [-0.05, 0) is 24.3 Å². The number of nitrogens with zero attached hydrogens (tertiary/aromatic N) is 3. The van der Waals surface area contributed by atoms with Crippen molar-refractivity contribution in [1.29, 1.82) is 0 Å². The molecule has 0 aliphatic heterocycles. The van der Waals surface area contributed by atoms with Crippen LogP contribution in [-0.4, -0.2) is 26.0 Å². The van der Waals surface area contributed by atoms with E-state index in [2.05, 4.69) is 15.0 Å². The average Bonchev–Trinajstić information content (AvgIpc) is 3.15. The molecule has 3 rings (SSSR count). The van der Waals surface area contributed by atoms with Crippen LogP contribution in [0.15, 0.2) is 36.0 Å². The van der Waals surface area contributed by atoms with Crippen molar-refractivity contribution in [1.82, 2.24) is 15.0 Å². The molecule has 0 aliphatic carbocycles. The number of rotatable bonds is 4. The second kappa shape index (κ2) is 5.94. The van der Waals surface area contributed by atoms with Crippen LogP contribution in [0.2, 0.25) is 0 Å². The van der Waals surface area contributed by atoms with Gasteiger partial charge in [0.05, 0.1) is 17.6 Å². The van der Waals surface area contributed by atoms with Gasteiger partial charge in [0.15, 0.2) is 0 Å². The second-order valence-corrected chi connectivity index (χ2v) is 5.91. The van der Waals surface area contributed by atoms with Crippen molar-refractivity contribution < 1.29 is 9.90 Å². The van der Waals surface area contributed by atoms with E-state index in [0.717, 1.165) is 27.7 Å². The molecule has 0 aliphatic rings. The molecule has 0 aromatic carbocycles. The van der Waals surface area contributed by atoms with E-state index in [-0.39, 0.29) is 4.88 Å². The monoisotopic (exact) mass is 315 g/mol. The number of hydrogen-bond donors (Lipinski definition) is 1. The van der Waals surface area contributed by atoms with Crippen LogP contribution in [-0.2, 0) is 0 Å². The first kappa shape index (κ1) is 13.6. The fourth-order valence-electron chi connectivity index (χ4n) is 1.59. The molecule has 0 bridgehead atoms. The normalized spacial score (nSPS) is 11.0. The molecule has 0 spiro atoms. The third-order valence-corrected chi connectivity index (χ3v) is 4.37. The number of carbonyl (C=O) groups is 1. The van der Waals surface area contributed by atoms with Gasteiger partial charge in [0, 0.05) is 11.6 Å². The largest absolute Gasteiger partial charge is 0.477 e. The fraction of sp³-hybridized carbons (Fsp3) is 0. The highest BCUT2D eigenvalue weighted by Crippen LogP contribution is 2.23. The lowest BCUT2D eigenvalue weighted by Crippen LogP contribution is -1.89. The molecule has 21 heavy (non-hydrogen) atoms. The number of pyridine rings is 1. The van der Waals surface area contributed by atoms with Crippen LogP contribution in [0.5, 0.6) is 0 Å². The molecule has 0 saturated carbocycles. The Morgan fingerprint density at radius 2 is 2.14 bits per heavy atom. The second-order valence-electron chi connectivity index (χ2n) is 3.99. The van der Waals surface area contributed by atoms with Crippen molar-refractivity contribution in [2.45, 2.75) is 0 Å². The number of hydrogen-bond acceptors (Lipinski definition) is 6. The van der Waals surface area contributed by atoms with Gasteiger partial charge in [0.1, 0.15) is 14.9 Å². The lowest BCUT2D eigenvalue weighted by molar-refractivity contribution is 0.0702. The van der Waals surface area contributed by atoms with Gasteiger partial charge in [0.2, 0.25) is 0 Å². The van der Waals surface area contributed by atoms with Crippen LogP contribution in [0.1, 0.15) is 20.4 Å². The van der Waals surface area contributed by atoms with Crippen molar-refractivity contribution in [2.75, 3.05) is 0 Å². The summed E-state index contributed by atoms with van der Waals surface area (Å²) < 4.78 is 0. The number of carboxylic acid groups (broad SMARTS) is 1. The maximum absolute atomic E-state index is 10.8. The molecule has 0 radical (unpaired) electrons. The molecule has 0 unspecified atom stereocenters. The summed E-state index contributed by atoms with van der Waals surface area (Å²) in [6.07, 6.45) is 6.66. The SMILES string of the molecule is O=C(O)c1cnc(/C=C/c2csc(-c3ccccn3)n2)s1. The minimum Gasteiger partial charge on any atom is -0.477 e. The summed E-state index contributed by atoms with van der Waals surface area (Å²) in [5.74, 6) is -0.960. The van der Waals surface area contributed by atoms with E-state index in [1.165, 1.54) is 17.5 Å². The highest BCUT2D eigenvalue weighted by molar-refractivity contribution is 7.14. The molecule has 5 nitrogen and oxygen atoms in total. The van der Waals surface area contributed by atoms with Crippen molar-refractivity contribution in [2.24, 2.45) is 0 Å². The summed E-state index contributed by atoms with van der Waals surface area (Å²) in [4.78, 5) is 23.8. The van der Waals surface area contributed by atoms with Crippen LogP contribution in [0.25, 0.3) is 22.9 Å². The van der Waals surface area contributed by atoms with Crippen molar-refractivity contribution in [3.8, 4) is 10.7 Å². The number of thiazole rings is 2. The first-order chi connectivity index (χ1) is 10.2. The first-order valence-corrected chi connectivity index (χ1v) is 7.66. The quantitative estimate of drug-likeness (QED) is 0.797. The highest BCUT2D eigenvalue weighted by atomic mass is 32.1. The van der Waals surface area contributed by atoms with Gasteiger partial charge in [-0.25, -0.2) is 14.8 Å². The predicted octanol–water partition coefficient (Wildman–Crippen LogP) is 3.53. The van der Waals surface area contributed by atoms with Crippen LogP contribution in [0.4, 0.5) is 0 Å². The van der Waals surface area contributed by atoms with E-state index in [1.807, 2.05) is 29.7 Å². The summed E-state index contributed by atoms with van der Waals surface area (Å²) in [5.41, 5.74) is 1.64. The van der Waals surface area contributed by atoms with Gasteiger partial charge in [-0.3, -0.25) is 4.98 Å². The summed E-state index contributed by atoms with van der Waals surface area (Å²) in [7, 11) is 0. The molecule has 0 saturated heterocycles. The maximum Gasteiger partial charge on any atom is 0.347 e. The molecular formula is C14H9N3O2S2. The molecule has 7 heteroatoms. The zero-order valence-corrected chi connectivity index (χ0v) is 12.3. The van der Waals surface area contributed by atoms with Gasteiger partial charge in [-0.2, -0.15) is 0 Å². The topological polar surface area (TPSA) is 76.0 Å². The predicted molar refractivity (Wildman–Crippen MR) is 83.3 cm³/mol. The molecule has 1 N–H and O–H groups in total. The smallest absolute Gasteiger partial charge is 0.347 e. The minimum atomic E-state index is -0.960. The zero-order chi connectivity index (χ0) is 14.7. The molecular weight excluding hydrogens is 306 g/mol. The number of aromatic carboxylic acids is 1. The van der Waals surface area contributed by atoms with Crippen molar-refractivity contribution in [3.63, 3.8) is 0 Å². The Morgan fingerprint density at radius 3 is 2.86 bits per heavy atom. The van der Waals surface area contributed by atoms with Gasteiger partial charge in [0.25, 0.3) is 0 Å². The Morgan fingerprint density at radius 1 is 1.24 bits per heavy atom. The fourth-order valence-corrected chi connectivity index (χ4v) is 3.01. The van der Waals surface area contributed by atoms with Crippen LogP contribution >= 0.6 is 22.7 Å². The van der Waals surface area contributed by atoms with E-state index >= 15 is 0 Å². The third kappa shape index (κ3) is 3.21. The van der Waals surface area contributed by atoms with E-state index in [4.69, 9.17) is 5.11 Å². The lowest BCUT2D eigenvalue weighted by atomic mass is 10.3. The van der Waals surface area contributed by atoms with Crippen LogP contribution in [0.3, 0.4) is 0 Å². The van der Waals surface area contributed by atoms with E-state index < -0.39 is 5.97 Å². The lowest BCUT2D eigenvalue weighted by Gasteiger charge is -1.91. The molecule has 3 heterocycles. The van der Waals surface area contributed by atoms with Crippen LogP contribution in [0, 0.1) is 0 Å². The maximum atomic E-state index is 10.8. The molecule has 3 aromatic heterocycles. The third-order valence-electron chi connectivity index (χ3n) is 2.54. The molecule has 3 aromatic rings. The average molecular weight is 315 g/mol. The zero-order valence-electron chi connectivity index (χ0n) is 10.6. The van der Waals surface area contributed by atoms with Gasteiger partial charge in [-0.15, -0.1) is 22.7 Å². The number of carboxylic acids is 1. The summed E-state index contributed by atoms with van der Waals surface area (Å²) >= 11 is 2.64. The Bertz CT molecular complexity index is 793. The highest BCUT2D eigenvalue weighted by Gasteiger charge is 2.07. The standard InChI is InChI=1S/C14H9N3O2S2/c18-14(19)11-7-16-12(21-11)5-4-9-8-20-13(17-9)10-3-1-2-6-15-10/h1-8H,(H,18,19)/b5-4+. The van der Waals surface area contributed by atoms with Crippen molar-refractivity contribution in [3.05, 3.63) is 51.6 Å². The number of aromatic nitrogens is 3. The van der Waals surface area contributed by atoms with E-state index in [1.54, 1.807) is 12.3 Å². The summed E-state index contributed by atoms with van der Waals surface area (Å²) in [5, 5.41) is 12.3. The van der Waals surface area contributed by atoms with Gasteiger partial charge in [-0.1, -0.05) is 6.07 Å².